The van der Waals surface area contributed by atoms with E-state index in [9.17, 15) is 0 Å². The van der Waals surface area contributed by atoms with Crippen molar-refractivity contribution in [3.8, 4) is 0 Å². The zero-order valence-electron chi connectivity index (χ0n) is 8.91. The van der Waals surface area contributed by atoms with E-state index >= 15 is 0 Å². The van der Waals surface area contributed by atoms with Crippen LogP contribution >= 0.6 is 15.9 Å². The van der Waals surface area contributed by atoms with Crippen LogP contribution < -0.4 is 0 Å². The molecule has 2 heteroatoms. The van der Waals surface area contributed by atoms with Gasteiger partial charge in [-0.15, -0.1) is 0 Å². The minimum Gasteiger partial charge on any atom is -0.456 e. The lowest BCUT2D eigenvalue weighted by molar-refractivity contribution is 0.669. The van der Waals surface area contributed by atoms with Gasteiger partial charge in [0.05, 0.1) is 0 Å². The van der Waals surface area contributed by atoms with Gasteiger partial charge in [0.15, 0.2) is 0 Å². The molecule has 0 fully saturated rings. The van der Waals surface area contributed by atoms with E-state index < -0.39 is 0 Å². The van der Waals surface area contributed by atoms with E-state index in [0.29, 0.717) is 4.83 Å². The molecule has 0 N–H and O–H groups in total. The van der Waals surface area contributed by atoms with Crippen molar-refractivity contribution in [3.05, 3.63) is 48.0 Å². The number of hydrogen-bond donors (Lipinski definition) is 0. The van der Waals surface area contributed by atoms with E-state index in [1.165, 1.54) is 16.3 Å². The van der Waals surface area contributed by atoms with Crippen molar-refractivity contribution in [3.63, 3.8) is 0 Å². The molecule has 3 rings (SSSR count). The molecule has 0 saturated heterocycles. The molecule has 0 radical (unpaired) electrons. The highest BCUT2D eigenvalue weighted by atomic mass is 79.9. The van der Waals surface area contributed by atoms with E-state index in [1.807, 2.05) is 24.3 Å². The summed E-state index contributed by atoms with van der Waals surface area (Å²) < 4.78 is 5.77. The number of hydrogen-bond acceptors (Lipinski definition) is 1. The van der Waals surface area contributed by atoms with Gasteiger partial charge < -0.3 is 4.42 Å². The molecule has 0 aliphatic carbocycles. The third-order valence-electron chi connectivity index (χ3n) is 2.86. The van der Waals surface area contributed by atoms with Crippen molar-refractivity contribution >= 4 is 37.9 Å². The van der Waals surface area contributed by atoms with Gasteiger partial charge in [-0.2, -0.15) is 0 Å². The van der Waals surface area contributed by atoms with Crippen LogP contribution in [-0.2, 0) is 0 Å². The standard InChI is InChI=1S/C14H11BrO/c1-9(15)10-6-7-14-12(8-10)11-4-2-3-5-13(11)16-14/h2-9H,1H3/t9-/m1/s1. The molecule has 1 heterocycles. The fourth-order valence-corrected chi connectivity index (χ4v) is 2.28. The van der Waals surface area contributed by atoms with Gasteiger partial charge in [0.2, 0.25) is 0 Å². The Morgan fingerprint density at radius 1 is 1.00 bits per heavy atom. The Morgan fingerprint density at radius 2 is 1.75 bits per heavy atom. The molecule has 0 aliphatic rings. The van der Waals surface area contributed by atoms with Crippen molar-refractivity contribution in [1.29, 1.82) is 0 Å². The summed E-state index contributed by atoms with van der Waals surface area (Å²) in [5.74, 6) is 0. The molecule has 0 bridgehead atoms. The van der Waals surface area contributed by atoms with Crippen LogP contribution in [0.15, 0.2) is 46.9 Å². The molecule has 1 atom stereocenters. The maximum atomic E-state index is 5.77. The molecule has 2 aromatic carbocycles. The second-order valence-corrected chi connectivity index (χ2v) is 5.34. The smallest absolute Gasteiger partial charge is 0.135 e. The summed E-state index contributed by atoms with van der Waals surface area (Å²) >= 11 is 3.59. The largest absolute Gasteiger partial charge is 0.456 e. The summed E-state index contributed by atoms with van der Waals surface area (Å²) in [5, 5.41) is 2.38. The lowest BCUT2D eigenvalue weighted by Crippen LogP contribution is -1.81. The van der Waals surface area contributed by atoms with Crippen molar-refractivity contribution in [2.45, 2.75) is 11.8 Å². The van der Waals surface area contributed by atoms with Gasteiger partial charge in [0, 0.05) is 15.6 Å². The van der Waals surface area contributed by atoms with E-state index in [2.05, 4.69) is 41.1 Å². The van der Waals surface area contributed by atoms with Crippen LogP contribution in [0.2, 0.25) is 0 Å². The fraction of sp³-hybridized carbons (Fsp3) is 0.143. The quantitative estimate of drug-likeness (QED) is 0.567. The first-order valence-corrected chi connectivity index (χ1v) is 6.22. The van der Waals surface area contributed by atoms with Crippen molar-refractivity contribution in [2.75, 3.05) is 0 Å². The Bertz CT molecular complexity index is 652. The minimum absolute atomic E-state index is 0.366. The highest BCUT2D eigenvalue weighted by Gasteiger charge is 2.08. The van der Waals surface area contributed by atoms with Gasteiger partial charge in [-0.3, -0.25) is 0 Å². The molecule has 0 saturated carbocycles. The predicted molar refractivity (Wildman–Crippen MR) is 71.1 cm³/mol. The van der Waals surface area contributed by atoms with E-state index in [1.54, 1.807) is 0 Å². The molecule has 1 nitrogen and oxygen atoms in total. The summed E-state index contributed by atoms with van der Waals surface area (Å²) in [6.45, 7) is 2.13. The van der Waals surface area contributed by atoms with Crippen LogP contribution in [-0.4, -0.2) is 0 Å². The lowest BCUT2D eigenvalue weighted by Gasteiger charge is -2.02. The van der Waals surface area contributed by atoms with E-state index in [0.717, 1.165) is 11.2 Å². The predicted octanol–water partition coefficient (Wildman–Crippen LogP) is 5.04. The second kappa shape index (κ2) is 3.63. The number of fused-ring (bicyclic) bond motifs is 3. The number of rotatable bonds is 1. The van der Waals surface area contributed by atoms with Gasteiger partial charge in [-0.05, 0) is 30.7 Å². The van der Waals surface area contributed by atoms with Crippen molar-refractivity contribution < 1.29 is 4.42 Å². The lowest BCUT2D eigenvalue weighted by atomic mass is 10.1. The summed E-state index contributed by atoms with van der Waals surface area (Å²) in [4.78, 5) is 0.366. The monoisotopic (exact) mass is 274 g/mol. The summed E-state index contributed by atoms with van der Waals surface area (Å²) in [5.41, 5.74) is 3.19. The fourth-order valence-electron chi connectivity index (χ4n) is 1.99. The molecule has 16 heavy (non-hydrogen) atoms. The molecule has 0 amide bonds. The van der Waals surface area contributed by atoms with Gasteiger partial charge in [-0.25, -0.2) is 0 Å². The Kier molecular flexibility index (Phi) is 2.25. The van der Waals surface area contributed by atoms with Gasteiger partial charge in [0.25, 0.3) is 0 Å². The summed E-state index contributed by atoms with van der Waals surface area (Å²) in [6.07, 6.45) is 0. The first-order chi connectivity index (χ1) is 7.75. The Balaban J connectivity index is 2.40. The number of benzene rings is 2. The minimum atomic E-state index is 0.366. The zero-order chi connectivity index (χ0) is 11.1. The summed E-state index contributed by atoms with van der Waals surface area (Å²) in [7, 11) is 0. The summed E-state index contributed by atoms with van der Waals surface area (Å²) in [6, 6.07) is 14.5. The molecular weight excluding hydrogens is 264 g/mol. The maximum Gasteiger partial charge on any atom is 0.135 e. The maximum absolute atomic E-state index is 5.77. The first kappa shape index (κ1) is 9.91. The van der Waals surface area contributed by atoms with Crippen LogP contribution in [0.4, 0.5) is 0 Å². The number of alkyl halides is 1. The SMILES string of the molecule is C[C@@H](Br)c1ccc2oc3ccccc3c2c1. The topological polar surface area (TPSA) is 13.1 Å². The average molecular weight is 275 g/mol. The highest BCUT2D eigenvalue weighted by molar-refractivity contribution is 9.09. The third kappa shape index (κ3) is 1.45. The van der Waals surface area contributed by atoms with Crippen LogP contribution in [0.25, 0.3) is 21.9 Å². The van der Waals surface area contributed by atoms with Crippen LogP contribution in [0, 0.1) is 0 Å². The van der Waals surface area contributed by atoms with E-state index in [-0.39, 0.29) is 0 Å². The molecule has 0 spiro atoms. The molecule has 0 aliphatic heterocycles. The molecule has 80 valence electrons. The highest BCUT2D eigenvalue weighted by Crippen LogP contribution is 2.32. The molecular formula is C14H11BrO. The number of halogens is 1. The number of furan rings is 1. The van der Waals surface area contributed by atoms with Crippen LogP contribution in [0.3, 0.4) is 0 Å². The van der Waals surface area contributed by atoms with Gasteiger partial charge in [0.1, 0.15) is 11.2 Å². The van der Waals surface area contributed by atoms with Gasteiger partial charge >= 0.3 is 0 Å². The Morgan fingerprint density at radius 3 is 2.56 bits per heavy atom. The first-order valence-electron chi connectivity index (χ1n) is 5.31. The second-order valence-electron chi connectivity index (χ2n) is 3.97. The number of para-hydroxylation sites is 1. The Hall–Kier alpha value is -1.28. The van der Waals surface area contributed by atoms with Crippen molar-refractivity contribution in [2.24, 2.45) is 0 Å². The van der Waals surface area contributed by atoms with E-state index in [4.69, 9.17) is 4.42 Å². The average Bonchev–Trinajstić information content (AvgIpc) is 2.66. The molecule has 3 aromatic rings. The van der Waals surface area contributed by atoms with Gasteiger partial charge in [-0.1, -0.05) is 40.2 Å². The Labute approximate surface area is 102 Å². The zero-order valence-corrected chi connectivity index (χ0v) is 10.5. The normalized spacial score (nSPS) is 13.4. The van der Waals surface area contributed by atoms with Crippen LogP contribution in [0.1, 0.15) is 17.3 Å². The molecule has 0 unspecified atom stereocenters. The van der Waals surface area contributed by atoms with Crippen LogP contribution in [0.5, 0.6) is 0 Å². The molecule has 1 aromatic heterocycles. The third-order valence-corrected chi connectivity index (χ3v) is 3.39. The van der Waals surface area contributed by atoms with Crippen molar-refractivity contribution in [1.82, 2.24) is 0 Å².